The Kier molecular flexibility index (Phi) is 2.59. The number of nitrogens with two attached hydrogens (primary N) is 1. The molecule has 1 aromatic rings. The van der Waals surface area contributed by atoms with E-state index in [1.54, 1.807) is 18.3 Å². The SMILES string of the molecule is N=C([O-])C[n+]1cccc(C(N)=O)c1. The monoisotopic (exact) mass is 179 g/mol. The molecule has 0 fully saturated rings. The molecule has 1 heterocycles. The molecule has 5 nitrogen and oxygen atoms in total. The molecule has 0 saturated carbocycles. The van der Waals surface area contributed by atoms with Crippen LogP contribution in [0.25, 0.3) is 0 Å². The van der Waals surface area contributed by atoms with Crippen LogP contribution >= 0.6 is 0 Å². The van der Waals surface area contributed by atoms with Gasteiger partial charge in [-0.15, -0.1) is 0 Å². The predicted molar refractivity (Wildman–Crippen MR) is 42.9 cm³/mol. The fourth-order valence-electron chi connectivity index (χ4n) is 0.932. The van der Waals surface area contributed by atoms with Gasteiger partial charge in [0.2, 0.25) is 0 Å². The second kappa shape index (κ2) is 3.66. The number of carbonyl (C=O) groups is 1. The third-order valence-electron chi connectivity index (χ3n) is 1.47. The summed E-state index contributed by atoms with van der Waals surface area (Å²) in [4.78, 5) is 10.7. The van der Waals surface area contributed by atoms with Crippen molar-refractivity contribution in [3.05, 3.63) is 30.1 Å². The fraction of sp³-hybridized carbons (Fsp3) is 0.125. The largest absolute Gasteiger partial charge is 0.858 e. The Morgan fingerprint density at radius 2 is 2.38 bits per heavy atom. The van der Waals surface area contributed by atoms with E-state index in [1.807, 2.05) is 0 Å². The molecular weight excluding hydrogens is 170 g/mol. The van der Waals surface area contributed by atoms with Gasteiger partial charge in [0.05, 0.1) is 0 Å². The van der Waals surface area contributed by atoms with Crippen LogP contribution in [0.1, 0.15) is 10.4 Å². The lowest BCUT2D eigenvalue weighted by Crippen LogP contribution is -2.42. The molecule has 0 atom stereocenters. The third-order valence-corrected chi connectivity index (χ3v) is 1.47. The van der Waals surface area contributed by atoms with Crippen molar-refractivity contribution in [1.29, 1.82) is 5.41 Å². The summed E-state index contributed by atoms with van der Waals surface area (Å²) >= 11 is 0. The third kappa shape index (κ3) is 2.55. The number of hydrogen-bond donors (Lipinski definition) is 2. The Morgan fingerprint density at radius 1 is 1.69 bits per heavy atom. The molecule has 0 aliphatic heterocycles. The Bertz CT molecular complexity index is 349. The molecule has 0 aliphatic carbocycles. The fourth-order valence-corrected chi connectivity index (χ4v) is 0.932. The average Bonchev–Trinajstić information content (AvgIpc) is 2.03. The van der Waals surface area contributed by atoms with Gasteiger partial charge in [0.15, 0.2) is 18.9 Å². The predicted octanol–water partition coefficient (Wildman–Crippen LogP) is -1.59. The lowest BCUT2D eigenvalue weighted by Gasteiger charge is -2.02. The number of pyridine rings is 1. The van der Waals surface area contributed by atoms with Gasteiger partial charge >= 0.3 is 0 Å². The minimum Gasteiger partial charge on any atom is -0.858 e. The molecule has 0 unspecified atom stereocenters. The lowest BCUT2D eigenvalue weighted by molar-refractivity contribution is -0.687. The Balaban J connectivity index is 2.91. The molecule has 0 saturated heterocycles. The summed E-state index contributed by atoms with van der Waals surface area (Å²) in [6.07, 6.45) is 3.04. The molecule has 0 aromatic carbocycles. The van der Waals surface area contributed by atoms with Crippen LogP contribution in [0.15, 0.2) is 24.5 Å². The molecule has 0 radical (unpaired) electrons. The van der Waals surface area contributed by atoms with Crippen molar-refractivity contribution in [2.24, 2.45) is 5.73 Å². The summed E-state index contributed by atoms with van der Waals surface area (Å²) in [6, 6.07) is 3.15. The topological polar surface area (TPSA) is 93.9 Å². The number of amides is 1. The van der Waals surface area contributed by atoms with E-state index in [-0.39, 0.29) is 6.54 Å². The van der Waals surface area contributed by atoms with E-state index in [1.165, 1.54) is 10.8 Å². The summed E-state index contributed by atoms with van der Waals surface area (Å²) in [5.74, 6) is -1.27. The highest BCUT2D eigenvalue weighted by atomic mass is 16.3. The highest BCUT2D eigenvalue weighted by Gasteiger charge is 2.05. The van der Waals surface area contributed by atoms with Crippen molar-refractivity contribution < 1.29 is 14.5 Å². The van der Waals surface area contributed by atoms with E-state index in [0.717, 1.165) is 0 Å². The van der Waals surface area contributed by atoms with Crippen molar-refractivity contribution in [2.45, 2.75) is 6.54 Å². The van der Waals surface area contributed by atoms with Gasteiger partial charge in [-0.1, -0.05) is 0 Å². The van der Waals surface area contributed by atoms with Gasteiger partial charge < -0.3 is 16.2 Å². The lowest BCUT2D eigenvalue weighted by atomic mass is 10.3. The van der Waals surface area contributed by atoms with Gasteiger partial charge in [-0.3, -0.25) is 4.79 Å². The van der Waals surface area contributed by atoms with Crippen molar-refractivity contribution in [3.8, 4) is 0 Å². The van der Waals surface area contributed by atoms with Crippen LogP contribution in [-0.4, -0.2) is 11.8 Å². The van der Waals surface area contributed by atoms with Crippen molar-refractivity contribution in [3.63, 3.8) is 0 Å². The zero-order chi connectivity index (χ0) is 9.84. The van der Waals surface area contributed by atoms with Crippen LogP contribution < -0.4 is 15.4 Å². The van der Waals surface area contributed by atoms with Gasteiger partial charge in [0, 0.05) is 12.0 Å². The smallest absolute Gasteiger partial charge is 0.254 e. The van der Waals surface area contributed by atoms with Gasteiger partial charge in [-0.2, -0.15) is 4.57 Å². The van der Waals surface area contributed by atoms with Crippen LogP contribution in [-0.2, 0) is 6.54 Å². The maximum atomic E-state index is 10.7. The first-order valence-corrected chi connectivity index (χ1v) is 3.63. The zero-order valence-corrected chi connectivity index (χ0v) is 6.86. The van der Waals surface area contributed by atoms with E-state index in [0.29, 0.717) is 5.56 Å². The Morgan fingerprint density at radius 3 is 2.92 bits per heavy atom. The van der Waals surface area contributed by atoms with E-state index < -0.39 is 11.8 Å². The number of aromatic nitrogens is 1. The summed E-state index contributed by atoms with van der Waals surface area (Å²) in [5, 5.41) is 17.1. The number of nitrogens with zero attached hydrogens (tertiary/aromatic N) is 1. The van der Waals surface area contributed by atoms with E-state index in [2.05, 4.69) is 0 Å². The van der Waals surface area contributed by atoms with Crippen LogP contribution in [0.2, 0.25) is 0 Å². The van der Waals surface area contributed by atoms with Crippen LogP contribution in [0.3, 0.4) is 0 Å². The standard InChI is InChI=1S/C8H9N3O2/c9-7(12)5-11-3-1-2-6(4-11)8(10)13/h1-4H,5H2,(H3-,9,10,12,13). The molecule has 1 aromatic heterocycles. The Labute approximate surface area is 74.9 Å². The number of nitrogens with one attached hydrogen (secondary N) is 1. The molecule has 1 rings (SSSR count). The minimum absolute atomic E-state index is 0.0683. The summed E-state index contributed by atoms with van der Waals surface area (Å²) < 4.78 is 1.44. The summed E-state index contributed by atoms with van der Waals surface area (Å²) in [7, 11) is 0. The van der Waals surface area contributed by atoms with Crippen LogP contribution in [0, 0.1) is 5.41 Å². The second-order valence-electron chi connectivity index (χ2n) is 2.55. The first-order chi connectivity index (χ1) is 6.09. The highest BCUT2D eigenvalue weighted by Crippen LogP contribution is 1.91. The summed E-state index contributed by atoms with van der Waals surface area (Å²) in [6.45, 7) is -0.0683. The minimum atomic E-state index is -0.716. The van der Waals surface area contributed by atoms with E-state index >= 15 is 0 Å². The number of primary amides is 1. The maximum Gasteiger partial charge on any atom is 0.254 e. The zero-order valence-electron chi connectivity index (χ0n) is 6.86. The highest BCUT2D eigenvalue weighted by molar-refractivity contribution is 5.92. The first-order valence-electron chi connectivity index (χ1n) is 3.63. The summed E-state index contributed by atoms with van der Waals surface area (Å²) in [5.41, 5.74) is 5.35. The normalized spacial score (nSPS) is 9.54. The second-order valence-corrected chi connectivity index (χ2v) is 2.55. The van der Waals surface area contributed by atoms with E-state index in [4.69, 9.17) is 11.1 Å². The molecule has 3 N–H and O–H groups in total. The molecule has 68 valence electrons. The van der Waals surface area contributed by atoms with Gasteiger partial charge in [0.1, 0.15) is 5.56 Å². The van der Waals surface area contributed by atoms with Crippen molar-refractivity contribution in [1.82, 2.24) is 0 Å². The van der Waals surface area contributed by atoms with Gasteiger partial charge in [-0.05, 0) is 6.07 Å². The maximum absolute atomic E-state index is 10.7. The van der Waals surface area contributed by atoms with E-state index in [9.17, 15) is 9.90 Å². The average molecular weight is 179 g/mol. The van der Waals surface area contributed by atoms with Crippen LogP contribution in [0.5, 0.6) is 0 Å². The molecule has 0 bridgehead atoms. The molecular formula is C8H9N3O2. The van der Waals surface area contributed by atoms with Crippen LogP contribution in [0.4, 0.5) is 0 Å². The molecule has 0 aliphatic rings. The molecule has 5 heteroatoms. The first kappa shape index (κ1) is 9.18. The Hall–Kier alpha value is -1.91. The number of hydrogen-bond acceptors (Lipinski definition) is 3. The number of rotatable bonds is 3. The van der Waals surface area contributed by atoms with Crippen molar-refractivity contribution >= 4 is 11.8 Å². The van der Waals surface area contributed by atoms with Gasteiger partial charge in [-0.25, -0.2) is 0 Å². The molecule has 0 spiro atoms. The molecule has 1 amide bonds. The van der Waals surface area contributed by atoms with Crippen molar-refractivity contribution in [2.75, 3.05) is 0 Å². The molecule has 13 heavy (non-hydrogen) atoms. The number of carbonyl (C=O) groups excluding carboxylic acids is 1. The van der Waals surface area contributed by atoms with Gasteiger partial charge in [0.25, 0.3) is 5.91 Å². The quantitative estimate of drug-likeness (QED) is 0.332.